The maximum Gasteiger partial charge on any atom is 0.270 e. The van der Waals surface area contributed by atoms with Crippen molar-refractivity contribution in [2.75, 3.05) is 12.5 Å². The molecule has 0 aliphatic carbocycles. The highest BCUT2D eigenvalue weighted by Crippen LogP contribution is 2.17. The molecule has 1 aromatic heterocycles. The number of hydrogen-bond acceptors (Lipinski definition) is 4. The first-order valence-corrected chi connectivity index (χ1v) is 9.56. The van der Waals surface area contributed by atoms with Gasteiger partial charge in [0.25, 0.3) is 5.91 Å². The summed E-state index contributed by atoms with van der Waals surface area (Å²) in [4.78, 5) is 16.8. The lowest BCUT2D eigenvalue weighted by molar-refractivity contribution is 0.101. The SMILES string of the molecule is CC(C)N(C)S(=O)(=O)c1ccc(C(=O)Nn2cnc3ccccc32)cc1. The summed E-state index contributed by atoms with van der Waals surface area (Å²) in [6, 6.07) is 13.1. The molecule has 0 spiro atoms. The minimum atomic E-state index is -3.57. The Labute approximate surface area is 152 Å². The van der Waals surface area contributed by atoms with E-state index in [1.165, 1.54) is 46.6 Å². The second-order valence-electron chi connectivity index (χ2n) is 6.18. The van der Waals surface area contributed by atoms with E-state index in [9.17, 15) is 13.2 Å². The van der Waals surface area contributed by atoms with Crippen LogP contribution in [0.1, 0.15) is 24.2 Å². The second kappa shape index (κ2) is 6.89. The number of sulfonamides is 1. The zero-order valence-corrected chi connectivity index (χ0v) is 15.6. The molecular weight excluding hydrogens is 352 g/mol. The number of para-hydroxylation sites is 2. The van der Waals surface area contributed by atoms with Crippen molar-refractivity contribution in [1.82, 2.24) is 14.0 Å². The Morgan fingerprint density at radius 1 is 1.12 bits per heavy atom. The lowest BCUT2D eigenvalue weighted by Gasteiger charge is -2.21. The zero-order chi connectivity index (χ0) is 18.9. The summed E-state index contributed by atoms with van der Waals surface area (Å²) in [6.45, 7) is 3.60. The van der Waals surface area contributed by atoms with Gasteiger partial charge in [0.2, 0.25) is 10.0 Å². The molecular formula is C18H20N4O3S. The summed E-state index contributed by atoms with van der Waals surface area (Å²) >= 11 is 0. The third-order valence-electron chi connectivity index (χ3n) is 4.20. The summed E-state index contributed by atoms with van der Waals surface area (Å²) in [7, 11) is -2.04. The third-order valence-corrected chi connectivity index (χ3v) is 6.24. The molecule has 26 heavy (non-hydrogen) atoms. The molecule has 0 radical (unpaired) electrons. The van der Waals surface area contributed by atoms with Gasteiger partial charge in [-0.2, -0.15) is 4.31 Å². The molecule has 0 saturated carbocycles. The molecule has 0 aliphatic rings. The first kappa shape index (κ1) is 18.1. The molecule has 1 N–H and O–H groups in total. The number of benzene rings is 2. The number of carbonyl (C=O) groups is 1. The smallest absolute Gasteiger partial charge is 0.267 e. The lowest BCUT2D eigenvalue weighted by atomic mass is 10.2. The van der Waals surface area contributed by atoms with Crippen molar-refractivity contribution in [2.24, 2.45) is 0 Å². The van der Waals surface area contributed by atoms with Crippen LogP contribution in [0, 0.1) is 0 Å². The van der Waals surface area contributed by atoms with Gasteiger partial charge in [-0.15, -0.1) is 0 Å². The molecule has 0 fully saturated rings. The highest BCUT2D eigenvalue weighted by molar-refractivity contribution is 7.89. The molecule has 8 heteroatoms. The van der Waals surface area contributed by atoms with Crippen LogP contribution in [0.2, 0.25) is 0 Å². The molecule has 0 aliphatic heterocycles. The Balaban J connectivity index is 1.81. The summed E-state index contributed by atoms with van der Waals surface area (Å²) in [5.41, 5.74) is 4.64. The van der Waals surface area contributed by atoms with Gasteiger partial charge in [-0.1, -0.05) is 12.1 Å². The molecule has 3 rings (SSSR count). The van der Waals surface area contributed by atoms with Crippen LogP contribution in [0.25, 0.3) is 11.0 Å². The number of nitrogens with zero attached hydrogens (tertiary/aromatic N) is 3. The van der Waals surface area contributed by atoms with E-state index in [-0.39, 0.29) is 16.8 Å². The maximum atomic E-state index is 12.5. The van der Waals surface area contributed by atoms with Gasteiger partial charge < -0.3 is 0 Å². The molecule has 7 nitrogen and oxygen atoms in total. The normalized spacial score (nSPS) is 12.0. The summed E-state index contributed by atoms with van der Waals surface area (Å²) < 4.78 is 27.8. The largest absolute Gasteiger partial charge is 0.270 e. The average Bonchev–Trinajstić information content (AvgIpc) is 3.04. The van der Waals surface area contributed by atoms with E-state index < -0.39 is 10.0 Å². The molecule has 0 unspecified atom stereocenters. The number of carbonyl (C=O) groups excluding carboxylic acids is 1. The Morgan fingerprint density at radius 2 is 1.77 bits per heavy atom. The monoisotopic (exact) mass is 372 g/mol. The molecule has 2 aromatic carbocycles. The average molecular weight is 372 g/mol. The predicted molar refractivity (Wildman–Crippen MR) is 100.0 cm³/mol. The molecule has 3 aromatic rings. The fraction of sp³-hybridized carbons (Fsp3) is 0.222. The van der Waals surface area contributed by atoms with Crippen molar-refractivity contribution >= 4 is 27.0 Å². The summed E-state index contributed by atoms with van der Waals surface area (Å²) in [5.74, 6) is -0.352. The molecule has 0 saturated heterocycles. The Morgan fingerprint density at radius 3 is 2.42 bits per heavy atom. The standard InChI is InChI=1S/C18H20N4O3S/c1-13(2)21(3)26(24,25)15-10-8-14(9-11-15)18(23)20-22-12-19-16-6-4-5-7-17(16)22/h4-13H,1-3H3,(H,20,23). The molecule has 0 bridgehead atoms. The molecule has 136 valence electrons. The van der Waals surface area contributed by atoms with Crippen LogP contribution in [0.5, 0.6) is 0 Å². The number of fused-ring (bicyclic) bond motifs is 1. The maximum absolute atomic E-state index is 12.5. The second-order valence-corrected chi connectivity index (χ2v) is 8.18. The first-order chi connectivity index (χ1) is 12.3. The van der Waals surface area contributed by atoms with Gasteiger partial charge in [0.15, 0.2) is 0 Å². The minimum Gasteiger partial charge on any atom is -0.267 e. The Hall–Kier alpha value is -2.71. The van der Waals surface area contributed by atoms with Crippen LogP contribution in [0.3, 0.4) is 0 Å². The van der Waals surface area contributed by atoms with Crippen LogP contribution in [-0.2, 0) is 10.0 Å². The lowest BCUT2D eigenvalue weighted by Crippen LogP contribution is -2.33. The van der Waals surface area contributed by atoms with Crippen LogP contribution < -0.4 is 5.43 Å². The zero-order valence-electron chi connectivity index (χ0n) is 14.7. The summed E-state index contributed by atoms with van der Waals surface area (Å²) in [5, 5.41) is 0. The minimum absolute atomic E-state index is 0.151. The number of rotatable bonds is 5. The highest BCUT2D eigenvalue weighted by atomic mass is 32.2. The molecule has 1 heterocycles. The van der Waals surface area contributed by atoms with E-state index in [4.69, 9.17) is 0 Å². The predicted octanol–water partition coefficient (Wildman–Crippen LogP) is 2.45. The van der Waals surface area contributed by atoms with Crippen molar-refractivity contribution in [3.05, 3.63) is 60.4 Å². The highest BCUT2D eigenvalue weighted by Gasteiger charge is 2.23. The number of imidazole rings is 1. The van der Waals surface area contributed by atoms with Crippen molar-refractivity contribution in [3.8, 4) is 0 Å². The van der Waals surface area contributed by atoms with Crippen LogP contribution in [0.15, 0.2) is 59.8 Å². The fourth-order valence-corrected chi connectivity index (χ4v) is 3.81. The van der Waals surface area contributed by atoms with E-state index in [0.29, 0.717) is 5.56 Å². The van der Waals surface area contributed by atoms with Gasteiger partial charge >= 0.3 is 0 Å². The van der Waals surface area contributed by atoms with Crippen LogP contribution >= 0.6 is 0 Å². The summed E-state index contributed by atoms with van der Waals surface area (Å²) in [6.07, 6.45) is 1.53. The number of amides is 1. The number of nitrogens with one attached hydrogen (secondary N) is 1. The molecule has 0 atom stereocenters. The van der Waals surface area contributed by atoms with Crippen molar-refractivity contribution in [1.29, 1.82) is 0 Å². The molecule has 1 amide bonds. The number of hydrogen-bond donors (Lipinski definition) is 1. The van der Waals surface area contributed by atoms with Gasteiger partial charge in [0.1, 0.15) is 6.33 Å². The third kappa shape index (κ3) is 3.33. The van der Waals surface area contributed by atoms with Gasteiger partial charge in [-0.05, 0) is 50.2 Å². The van der Waals surface area contributed by atoms with Crippen molar-refractivity contribution in [2.45, 2.75) is 24.8 Å². The van der Waals surface area contributed by atoms with E-state index in [1.807, 2.05) is 24.3 Å². The number of aromatic nitrogens is 2. The quantitative estimate of drug-likeness (QED) is 0.746. The topological polar surface area (TPSA) is 84.3 Å². The van der Waals surface area contributed by atoms with E-state index in [2.05, 4.69) is 10.4 Å². The van der Waals surface area contributed by atoms with Gasteiger partial charge in [-0.25, -0.2) is 18.1 Å². The van der Waals surface area contributed by atoms with Crippen LogP contribution in [-0.4, -0.2) is 41.4 Å². The van der Waals surface area contributed by atoms with E-state index >= 15 is 0 Å². The Bertz CT molecular complexity index is 1040. The van der Waals surface area contributed by atoms with Crippen molar-refractivity contribution in [3.63, 3.8) is 0 Å². The fourth-order valence-electron chi connectivity index (χ4n) is 2.44. The van der Waals surface area contributed by atoms with Gasteiger partial charge in [-0.3, -0.25) is 10.2 Å². The van der Waals surface area contributed by atoms with Crippen LogP contribution in [0.4, 0.5) is 0 Å². The first-order valence-electron chi connectivity index (χ1n) is 8.12. The van der Waals surface area contributed by atoms with Crippen molar-refractivity contribution < 1.29 is 13.2 Å². The van der Waals surface area contributed by atoms with Gasteiger partial charge in [0, 0.05) is 18.7 Å². The van der Waals surface area contributed by atoms with E-state index in [1.54, 1.807) is 13.8 Å². The Kier molecular flexibility index (Phi) is 4.80. The van der Waals surface area contributed by atoms with Gasteiger partial charge in [0.05, 0.1) is 15.9 Å². The van der Waals surface area contributed by atoms with E-state index in [0.717, 1.165) is 11.0 Å².